The Balaban J connectivity index is 1.46. The molecule has 1 atom stereocenters. The lowest BCUT2D eigenvalue weighted by Crippen LogP contribution is -2.43. The molecule has 2 N–H and O–H groups in total. The third-order valence-electron chi connectivity index (χ3n) is 5.89. The highest BCUT2D eigenvalue weighted by molar-refractivity contribution is 5.89. The summed E-state index contributed by atoms with van der Waals surface area (Å²) < 4.78 is 17.2. The number of rotatable bonds is 9. The van der Waals surface area contributed by atoms with Crippen molar-refractivity contribution in [2.75, 3.05) is 45.8 Å². The highest BCUT2D eigenvalue weighted by Gasteiger charge is 2.29. The number of carbonyl (C=O) groups excluding carboxylic acids is 1. The van der Waals surface area contributed by atoms with Gasteiger partial charge in [0.05, 0.1) is 20.3 Å². The minimum Gasteiger partial charge on any atom is -0.493 e. The first-order valence-corrected chi connectivity index (χ1v) is 11.3. The lowest BCUT2D eigenvalue weighted by molar-refractivity contribution is 0.126. The van der Waals surface area contributed by atoms with Crippen molar-refractivity contribution in [3.8, 4) is 17.2 Å². The van der Waals surface area contributed by atoms with Crippen LogP contribution in [0.15, 0.2) is 67.0 Å². The molecule has 8 heteroatoms. The number of ether oxygens (including phenoxy) is 3. The zero-order valence-corrected chi connectivity index (χ0v) is 19.5. The second-order valence-corrected chi connectivity index (χ2v) is 7.95. The second kappa shape index (κ2) is 11.4. The highest BCUT2D eigenvalue weighted by Crippen LogP contribution is 2.38. The molecular weight excluding hydrogens is 432 g/mol. The van der Waals surface area contributed by atoms with Gasteiger partial charge in [-0.25, -0.2) is 4.79 Å². The van der Waals surface area contributed by atoms with E-state index in [0.29, 0.717) is 31.1 Å². The molecule has 2 amide bonds. The van der Waals surface area contributed by atoms with Crippen LogP contribution in [0.2, 0.25) is 0 Å². The average molecular weight is 463 g/mol. The molecule has 178 valence electrons. The Morgan fingerprint density at radius 1 is 1.06 bits per heavy atom. The van der Waals surface area contributed by atoms with Gasteiger partial charge in [0.1, 0.15) is 12.4 Å². The van der Waals surface area contributed by atoms with E-state index < -0.39 is 0 Å². The molecular formula is C26H30N4O4. The van der Waals surface area contributed by atoms with Crippen LogP contribution >= 0.6 is 0 Å². The number of benzene rings is 2. The lowest BCUT2D eigenvalue weighted by atomic mass is 9.92. The summed E-state index contributed by atoms with van der Waals surface area (Å²) in [4.78, 5) is 18.6. The van der Waals surface area contributed by atoms with E-state index >= 15 is 0 Å². The first-order chi connectivity index (χ1) is 16.7. The number of fused-ring (bicyclic) bond motifs is 1. The fourth-order valence-electron chi connectivity index (χ4n) is 4.16. The summed E-state index contributed by atoms with van der Waals surface area (Å²) >= 11 is 0. The van der Waals surface area contributed by atoms with E-state index in [1.165, 1.54) is 5.56 Å². The molecule has 0 saturated heterocycles. The highest BCUT2D eigenvalue weighted by atomic mass is 16.5. The number of para-hydroxylation sites is 1. The normalized spacial score (nSPS) is 15.2. The Morgan fingerprint density at radius 3 is 2.53 bits per heavy atom. The maximum Gasteiger partial charge on any atom is 0.319 e. The van der Waals surface area contributed by atoms with Crippen LogP contribution in [0.25, 0.3) is 0 Å². The summed E-state index contributed by atoms with van der Waals surface area (Å²) in [5.41, 5.74) is 3.08. The van der Waals surface area contributed by atoms with E-state index in [0.717, 1.165) is 30.0 Å². The quantitative estimate of drug-likeness (QED) is 0.502. The van der Waals surface area contributed by atoms with Crippen LogP contribution in [0, 0.1) is 0 Å². The molecule has 0 radical (unpaired) electrons. The molecule has 0 aliphatic carbocycles. The van der Waals surface area contributed by atoms with Gasteiger partial charge in [0.2, 0.25) is 0 Å². The van der Waals surface area contributed by atoms with Gasteiger partial charge in [-0.1, -0.05) is 18.2 Å². The maximum absolute atomic E-state index is 12.3. The van der Waals surface area contributed by atoms with Crippen LogP contribution < -0.4 is 24.8 Å². The molecule has 0 spiro atoms. The summed E-state index contributed by atoms with van der Waals surface area (Å²) in [5, 5.41) is 5.76. The number of nitrogens with zero attached hydrogens (tertiary/aromatic N) is 2. The Hall–Kier alpha value is -3.78. The third kappa shape index (κ3) is 5.77. The SMILES string of the molecule is COc1cc2c(cc1OC)C(COc1ccccc1)N(CCNC(=O)Nc1ccncc1)CC2. The van der Waals surface area contributed by atoms with E-state index in [9.17, 15) is 4.79 Å². The second-order valence-electron chi connectivity index (χ2n) is 7.95. The zero-order chi connectivity index (χ0) is 23.8. The van der Waals surface area contributed by atoms with Crippen molar-refractivity contribution >= 4 is 11.7 Å². The Labute approximate surface area is 199 Å². The number of aromatic nitrogens is 1. The van der Waals surface area contributed by atoms with Crippen LogP contribution in [-0.4, -0.2) is 56.4 Å². The van der Waals surface area contributed by atoms with Crippen molar-refractivity contribution in [3.05, 3.63) is 78.1 Å². The molecule has 1 aliphatic rings. The van der Waals surface area contributed by atoms with Crippen LogP contribution in [0.3, 0.4) is 0 Å². The Kier molecular flexibility index (Phi) is 7.83. The average Bonchev–Trinajstić information content (AvgIpc) is 2.88. The van der Waals surface area contributed by atoms with Crippen LogP contribution in [-0.2, 0) is 6.42 Å². The van der Waals surface area contributed by atoms with Crippen molar-refractivity contribution in [1.29, 1.82) is 0 Å². The van der Waals surface area contributed by atoms with Gasteiger partial charge in [-0.05, 0) is 53.9 Å². The molecule has 2 heterocycles. The van der Waals surface area contributed by atoms with E-state index in [2.05, 4.69) is 26.6 Å². The van der Waals surface area contributed by atoms with Crippen molar-refractivity contribution in [3.63, 3.8) is 0 Å². The number of amides is 2. The molecule has 0 bridgehead atoms. The van der Waals surface area contributed by atoms with Gasteiger partial charge in [-0.2, -0.15) is 0 Å². The molecule has 1 aliphatic heterocycles. The smallest absolute Gasteiger partial charge is 0.319 e. The molecule has 3 aromatic rings. The number of methoxy groups -OCH3 is 2. The number of carbonyl (C=O) groups is 1. The predicted molar refractivity (Wildman–Crippen MR) is 131 cm³/mol. The Bertz CT molecular complexity index is 1080. The maximum atomic E-state index is 12.3. The van der Waals surface area contributed by atoms with Crippen molar-refractivity contribution in [2.24, 2.45) is 0 Å². The Morgan fingerprint density at radius 2 is 1.79 bits per heavy atom. The first kappa shape index (κ1) is 23.4. The number of pyridine rings is 1. The van der Waals surface area contributed by atoms with Crippen molar-refractivity contribution < 1.29 is 19.0 Å². The molecule has 1 aromatic heterocycles. The lowest BCUT2D eigenvalue weighted by Gasteiger charge is -2.37. The number of hydrogen-bond donors (Lipinski definition) is 2. The molecule has 4 rings (SSSR count). The summed E-state index contributed by atoms with van der Waals surface area (Å²) in [6.45, 7) is 2.51. The molecule has 8 nitrogen and oxygen atoms in total. The predicted octanol–water partition coefficient (Wildman–Crippen LogP) is 3.90. The largest absolute Gasteiger partial charge is 0.493 e. The van der Waals surface area contributed by atoms with Gasteiger partial charge in [0.15, 0.2) is 11.5 Å². The van der Waals surface area contributed by atoms with Crippen LogP contribution in [0.4, 0.5) is 10.5 Å². The summed E-state index contributed by atoms with van der Waals surface area (Å²) in [6, 6.07) is 17.2. The van der Waals surface area contributed by atoms with Gasteiger partial charge in [0.25, 0.3) is 0 Å². The number of nitrogens with one attached hydrogen (secondary N) is 2. The zero-order valence-electron chi connectivity index (χ0n) is 19.5. The van der Waals surface area contributed by atoms with Gasteiger partial charge >= 0.3 is 6.03 Å². The van der Waals surface area contributed by atoms with E-state index in [1.807, 2.05) is 36.4 Å². The fourth-order valence-corrected chi connectivity index (χ4v) is 4.16. The van der Waals surface area contributed by atoms with Crippen molar-refractivity contribution in [1.82, 2.24) is 15.2 Å². The fraction of sp³-hybridized carbons (Fsp3) is 0.308. The summed E-state index contributed by atoms with van der Waals surface area (Å²) in [6.07, 6.45) is 4.16. The summed E-state index contributed by atoms with van der Waals surface area (Å²) in [7, 11) is 3.30. The summed E-state index contributed by atoms with van der Waals surface area (Å²) in [5.74, 6) is 2.25. The molecule has 2 aromatic carbocycles. The van der Waals surface area contributed by atoms with E-state index in [-0.39, 0.29) is 12.1 Å². The molecule has 34 heavy (non-hydrogen) atoms. The number of urea groups is 1. The van der Waals surface area contributed by atoms with Gasteiger partial charge in [-0.15, -0.1) is 0 Å². The molecule has 0 fully saturated rings. The van der Waals surface area contributed by atoms with E-state index in [4.69, 9.17) is 14.2 Å². The van der Waals surface area contributed by atoms with Crippen LogP contribution in [0.5, 0.6) is 17.2 Å². The number of hydrogen-bond acceptors (Lipinski definition) is 6. The van der Waals surface area contributed by atoms with Gasteiger partial charge in [-0.3, -0.25) is 9.88 Å². The third-order valence-corrected chi connectivity index (χ3v) is 5.89. The van der Waals surface area contributed by atoms with E-state index in [1.54, 1.807) is 38.7 Å². The number of anilines is 1. The van der Waals surface area contributed by atoms with Crippen LogP contribution in [0.1, 0.15) is 17.2 Å². The molecule has 1 unspecified atom stereocenters. The minimum atomic E-state index is -0.243. The minimum absolute atomic E-state index is 0.00817. The van der Waals surface area contributed by atoms with Gasteiger partial charge < -0.3 is 24.8 Å². The monoisotopic (exact) mass is 462 g/mol. The topological polar surface area (TPSA) is 85.0 Å². The molecule has 0 saturated carbocycles. The first-order valence-electron chi connectivity index (χ1n) is 11.3. The van der Waals surface area contributed by atoms with Crippen molar-refractivity contribution in [2.45, 2.75) is 12.5 Å². The van der Waals surface area contributed by atoms with Gasteiger partial charge in [0, 0.05) is 37.7 Å². The standard InChI is InChI=1S/C26H30N4O4/c1-32-24-16-19-10-14-30(15-13-28-26(31)29-20-8-11-27-12-9-20)23(22(19)17-25(24)33-2)18-34-21-6-4-3-5-7-21/h3-9,11-12,16-17,23H,10,13-15,18H2,1-2H3,(H2,27,28,29,31).